The van der Waals surface area contributed by atoms with Crippen LogP contribution < -0.4 is 16.4 Å². The highest BCUT2D eigenvalue weighted by atomic mass is 32.1. The number of quaternary nitrogens is 1. The largest absolute Gasteiger partial charge is 0.351 e. The summed E-state index contributed by atoms with van der Waals surface area (Å²) in [5.41, 5.74) is 7.44. The molecule has 0 unspecified atom stereocenters. The number of imide groups is 1. The van der Waals surface area contributed by atoms with Crippen LogP contribution in [-0.2, 0) is 4.79 Å². The lowest BCUT2D eigenvalue weighted by Crippen LogP contribution is -2.92. The molecule has 2 aromatic rings. The van der Waals surface area contributed by atoms with Gasteiger partial charge in [-0.25, -0.2) is 4.79 Å². The Morgan fingerprint density at radius 1 is 1.08 bits per heavy atom. The minimum atomic E-state index is -0.825. The highest BCUT2D eigenvalue weighted by Crippen LogP contribution is 2.24. The Kier molecular flexibility index (Phi) is 6.11. The van der Waals surface area contributed by atoms with Gasteiger partial charge in [0.2, 0.25) is 0 Å². The molecule has 2 rings (SSSR count). The number of hydrogen-bond donors (Lipinski definition) is 3. The minimum absolute atomic E-state index is 0.000149. The maximum Gasteiger partial charge on any atom is 0.319 e. The van der Waals surface area contributed by atoms with Gasteiger partial charge in [-0.05, 0) is 29.9 Å². The molecule has 0 saturated carbocycles. The second-order valence-electron chi connectivity index (χ2n) is 6.15. The van der Waals surface area contributed by atoms with Crippen molar-refractivity contribution in [3.63, 3.8) is 0 Å². The average molecular weight is 346 g/mol. The third kappa shape index (κ3) is 4.66. The van der Waals surface area contributed by atoms with Crippen molar-refractivity contribution >= 4 is 23.3 Å². The number of urea groups is 1. The monoisotopic (exact) mass is 346 g/mol. The van der Waals surface area contributed by atoms with Gasteiger partial charge in [0.15, 0.2) is 6.04 Å². The van der Waals surface area contributed by atoms with E-state index < -0.39 is 12.1 Å². The molecule has 0 aliphatic rings. The summed E-state index contributed by atoms with van der Waals surface area (Å²) < 4.78 is 0. The molecule has 6 heteroatoms. The summed E-state index contributed by atoms with van der Waals surface area (Å²) in [6.45, 7) is 6.09. The fourth-order valence-electron chi connectivity index (χ4n) is 2.54. The van der Waals surface area contributed by atoms with Crippen LogP contribution in [0.2, 0.25) is 0 Å². The first-order chi connectivity index (χ1) is 11.4. The van der Waals surface area contributed by atoms with Gasteiger partial charge < -0.3 is 11.1 Å². The van der Waals surface area contributed by atoms with Crippen molar-refractivity contribution in [1.82, 2.24) is 5.32 Å². The van der Waals surface area contributed by atoms with Gasteiger partial charge >= 0.3 is 6.03 Å². The quantitative estimate of drug-likeness (QED) is 0.748. The van der Waals surface area contributed by atoms with Crippen LogP contribution in [0.4, 0.5) is 4.79 Å². The molecule has 2 atom stereocenters. The predicted molar refractivity (Wildman–Crippen MR) is 95.8 cm³/mol. The van der Waals surface area contributed by atoms with Crippen molar-refractivity contribution in [2.24, 2.45) is 5.73 Å². The van der Waals surface area contributed by atoms with E-state index in [0.29, 0.717) is 5.92 Å². The van der Waals surface area contributed by atoms with E-state index in [1.54, 1.807) is 18.3 Å². The number of carbonyl (C=O) groups excluding carboxylic acids is 2. The fraction of sp³-hybridized carbons (Fsp3) is 0.333. The fourth-order valence-corrected chi connectivity index (χ4v) is 3.37. The van der Waals surface area contributed by atoms with Gasteiger partial charge in [-0.1, -0.05) is 44.2 Å². The Balaban J connectivity index is 2.22. The molecule has 0 bridgehead atoms. The van der Waals surface area contributed by atoms with E-state index in [1.165, 1.54) is 5.56 Å². The molecule has 1 aromatic carbocycles. The highest BCUT2D eigenvalue weighted by Gasteiger charge is 2.26. The number of hydrogen-bond acceptors (Lipinski definition) is 3. The summed E-state index contributed by atoms with van der Waals surface area (Å²) in [6, 6.07) is 11.3. The number of primary amides is 1. The Morgan fingerprint density at radius 3 is 2.21 bits per heavy atom. The molecule has 0 aliphatic heterocycles. The Bertz CT molecular complexity index is 681. The summed E-state index contributed by atoms with van der Waals surface area (Å²) in [5, 5.41) is 6.11. The smallest absolute Gasteiger partial charge is 0.319 e. The third-order valence-corrected chi connectivity index (χ3v) is 4.91. The number of thiophene rings is 1. The van der Waals surface area contributed by atoms with Crippen molar-refractivity contribution in [1.29, 1.82) is 0 Å². The molecule has 128 valence electrons. The molecular formula is C18H24N3O2S+. The lowest BCUT2D eigenvalue weighted by Gasteiger charge is -2.19. The predicted octanol–water partition coefficient (Wildman–Crippen LogP) is 2.11. The van der Waals surface area contributed by atoms with Crippen LogP contribution in [0, 0.1) is 0 Å². The number of benzene rings is 1. The van der Waals surface area contributed by atoms with Crippen LogP contribution in [0.25, 0.3) is 0 Å². The maximum atomic E-state index is 12.0. The molecule has 0 fully saturated rings. The van der Waals surface area contributed by atoms with Gasteiger partial charge in [0.05, 0.1) is 4.88 Å². The summed E-state index contributed by atoms with van der Waals surface area (Å²) in [5.74, 6) is 0.0892. The van der Waals surface area contributed by atoms with Gasteiger partial charge in [0, 0.05) is 5.56 Å². The standard InChI is InChI=1S/C18H23N3O2S/c1-11(2)13-6-8-14(9-7-13)16(15-5-4-10-24-15)20-12(3)17(22)21-18(19)23/h4-12,16,20H,1-3H3,(H3,19,21,22,23)/p+1/t12-,16-/m0/s1. The normalized spacial score (nSPS) is 13.5. The third-order valence-electron chi connectivity index (χ3n) is 3.95. The van der Waals surface area contributed by atoms with E-state index in [-0.39, 0.29) is 11.9 Å². The summed E-state index contributed by atoms with van der Waals surface area (Å²) >= 11 is 1.65. The number of rotatable bonds is 6. The van der Waals surface area contributed by atoms with Crippen molar-refractivity contribution < 1.29 is 14.9 Å². The van der Waals surface area contributed by atoms with E-state index in [4.69, 9.17) is 5.73 Å². The van der Waals surface area contributed by atoms with Gasteiger partial charge in [-0.2, -0.15) is 0 Å². The van der Waals surface area contributed by atoms with Gasteiger partial charge in [0.1, 0.15) is 6.04 Å². The van der Waals surface area contributed by atoms with E-state index in [2.05, 4.69) is 49.5 Å². The summed E-state index contributed by atoms with van der Waals surface area (Å²) in [7, 11) is 0. The summed E-state index contributed by atoms with van der Waals surface area (Å²) in [4.78, 5) is 24.0. The highest BCUT2D eigenvalue weighted by molar-refractivity contribution is 7.10. The second-order valence-corrected chi connectivity index (χ2v) is 7.13. The van der Waals surface area contributed by atoms with Crippen LogP contribution >= 0.6 is 11.3 Å². The zero-order valence-corrected chi connectivity index (χ0v) is 15.0. The van der Waals surface area contributed by atoms with Crippen molar-refractivity contribution in [3.8, 4) is 0 Å². The van der Waals surface area contributed by atoms with E-state index in [1.807, 2.05) is 16.8 Å². The Morgan fingerprint density at radius 2 is 1.71 bits per heavy atom. The van der Waals surface area contributed by atoms with E-state index in [0.717, 1.165) is 10.4 Å². The van der Waals surface area contributed by atoms with Crippen molar-refractivity contribution in [2.45, 2.75) is 38.8 Å². The van der Waals surface area contributed by atoms with Crippen LogP contribution in [0.3, 0.4) is 0 Å². The minimum Gasteiger partial charge on any atom is -0.351 e. The SMILES string of the molecule is CC(C)c1ccc([C@H]([NH2+][C@@H](C)C(=O)NC(N)=O)c2cccs2)cc1. The first-order valence-corrected chi connectivity index (χ1v) is 8.85. The first kappa shape index (κ1) is 18.2. The molecule has 5 N–H and O–H groups in total. The average Bonchev–Trinajstić information content (AvgIpc) is 3.06. The number of nitrogens with two attached hydrogens (primary N) is 2. The topological polar surface area (TPSA) is 88.8 Å². The summed E-state index contributed by atoms with van der Waals surface area (Å²) in [6.07, 6.45) is 0. The van der Waals surface area contributed by atoms with Gasteiger partial charge in [-0.15, -0.1) is 11.3 Å². The van der Waals surface area contributed by atoms with E-state index in [9.17, 15) is 9.59 Å². The van der Waals surface area contributed by atoms with E-state index >= 15 is 0 Å². The van der Waals surface area contributed by atoms with Crippen molar-refractivity contribution in [3.05, 3.63) is 57.8 Å². The number of nitrogens with one attached hydrogen (secondary N) is 1. The molecule has 24 heavy (non-hydrogen) atoms. The lowest BCUT2D eigenvalue weighted by atomic mass is 9.98. The number of carbonyl (C=O) groups is 2. The van der Waals surface area contributed by atoms with Crippen LogP contribution in [-0.4, -0.2) is 18.0 Å². The van der Waals surface area contributed by atoms with Crippen LogP contribution in [0.15, 0.2) is 41.8 Å². The zero-order valence-electron chi connectivity index (χ0n) is 14.2. The lowest BCUT2D eigenvalue weighted by molar-refractivity contribution is -0.704. The first-order valence-electron chi connectivity index (χ1n) is 7.97. The molecule has 0 radical (unpaired) electrons. The second kappa shape index (κ2) is 8.08. The van der Waals surface area contributed by atoms with Crippen molar-refractivity contribution in [2.75, 3.05) is 0 Å². The molecule has 0 saturated heterocycles. The molecule has 3 amide bonds. The maximum absolute atomic E-state index is 12.0. The molecule has 1 heterocycles. The van der Waals surface area contributed by atoms with Gasteiger partial charge in [0.25, 0.3) is 5.91 Å². The number of amides is 3. The molecule has 0 aliphatic carbocycles. The van der Waals surface area contributed by atoms with Crippen LogP contribution in [0.1, 0.15) is 48.7 Å². The molecule has 5 nitrogen and oxygen atoms in total. The molecule has 0 spiro atoms. The van der Waals surface area contributed by atoms with Crippen LogP contribution in [0.5, 0.6) is 0 Å². The molecular weight excluding hydrogens is 322 g/mol. The molecule has 1 aromatic heterocycles. The Hall–Kier alpha value is -2.18. The van der Waals surface area contributed by atoms with Gasteiger partial charge in [-0.3, -0.25) is 10.1 Å². The zero-order chi connectivity index (χ0) is 17.7. The Labute approximate surface area is 146 Å².